The topological polar surface area (TPSA) is 0 Å². The fourth-order valence-corrected chi connectivity index (χ4v) is 1.08. The minimum Gasteiger partial charge on any atom is -0.234 e. The SMILES string of the molecule is FC(Br)C(Br)CBr. The van der Waals surface area contributed by atoms with Gasteiger partial charge < -0.3 is 0 Å². The molecule has 0 radical (unpaired) electrons. The molecule has 2 unspecified atom stereocenters. The Balaban J connectivity index is 3.14. The van der Waals surface area contributed by atoms with E-state index in [4.69, 9.17) is 0 Å². The van der Waals surface area contributed by atoms with E-state index in [0.29, 0.717) is 5.33 Å². The van der Waals surface area contributed by atoms with Crippen LogP contribution in [-0.4, -0.2) is 15.2 Å². The fraction of sp³-hybridized carbons (Fsp3) is 1.00. The minimum absolute atomic E-state index is 0.118. The highest BCUT2D eigenvalue weighted by Crippen LogP contribution is 2.16. The maximum Gasteiger partial charge on any atom is 0.168 e. The molecule has 0 aromatic heterocycles. The van der Waals surface area contributed by atoms with Crippen LogP contribution < -0.4 is 0 Å². The van der Waals surface area contributed by atoms with Crippen LogP contribution in [0, 0.1) is 0 Å². The number of hydrogen-bond donors (Lipinski definition) is 0. The highest BCUT2D eigenvalue weighted by Gasteiger charge is 2.10. The molecule has 0 N–H and O–H groups in total. The number of rotatable bonds is 2. The van der Waals surface area contributed by atoms with Crippen LogP contribution in [0.3, 0.4) is 0 Å². The summed E-state index contributed by atoms with van der Waals surface area (Å²) in [6, 6.07) is 0. The highest BCUT2D eigenvalue weighted by molar-refractivity contribution is 9.13. The van der Waals surface area contributed by atoms with E-state index < -0.39 is 5.08 Å². The van der Waals surface area contributed by atoms with Crippen molar-refractivity contribution in [3.63, 3.8) is 0 Å². The van der Waals surface area contributed by atoms with Crippen molar-refractivity contribution in [1.29, 1.82) is 0 Å². The third-order valence-electron chi connectivity index (χ3n) is 0.421. The molecule has 0 aliphatic heterocycles. The first-order chi connectivity index (χ1) is 3.18. The van der Waals surface area contributed by atoms with Crippen molar-refractivity contribution in [2.75, 3.05) is 5.33 Å². The molecule has 0 fully saturated rings. The van der Waals surface area contributed by atoms with Crippen LogP contribution >= 0.6 is 47.8 Å². The Morgan fingerprint density at radius 1 is 1.43 bits per heavy atom. The van der Waals surface area contributed by atoms with E-state index in [-0.39, 0.29) is 4.83 Å². The van der Waals surface area contributed by atoms with Crippen LogP contribution in [0.4, 0.5) is 4.39 Å². The van der Waals surface area contributed by atoms with Crippen molar-refractivity contribution in [3.05, 3.63) is 0 Å². The van der Waals surface area contributed by atoms with Gasteiger partial charge in [-0.25, -0.2) is 4.39 Å². The molecule has 44 valence electrons. The molecule has 0 spiro atoms. The Kier molecular flexibility index (Phi) is 5.10. The monoisotopic (exact) mass is 296 g/mol. The number of halogens is 4. The van der Waals surface area contributed by atoms with Crippen molar-refractivity contribution < 1.29 is 4.39 Å². The Labute approximate surface area is 67.2 Å². The van der Waals surface area contributed by atoms with Gasteiger partial charge in [-0.15, -0.1) is 0 Å². The number of alkyl halides is 4. The summed E-state index contributed by atoms with van der Waals surface area (Å²) in [6.45, 7) is 0. The van der Waals surface area contributed by atoms with Crippen LogP contribution in [0.25, 0.3) is 0 Å². The van der Waals surface area contributed by atoms with E-state index in [9.17, 15) is 4.39 Å². The van der Waals surface area contributed by atoms with Crippen LogP contribution in [0.15, 0.2) is 0 Å². The van der Waals surface area contributed by atoms with Gasteiger partial charge in [-0.2, -0.15) is 0 Å². The average Bonchev–Trinajstić information content (AvgIpc) is 1.65. The van der Waals surface area contributed by atoms with Crippen LogP contribution in [-0.2, 0) is 0 Å². The lowest BCUT2D eigenvalue weighted by Gasteiger charge is -2.01. The molecule has 0 aromatic carbocycles. The zero-order valence-corrected chi connectivity index (χ0v) is 8.13. The van der Waals surface area contributed by atoms with Crippen molar-refractivity contribution in [3.8, 4) is 0 Å². The molecule has 0 nitrogen and oxygen atoms in total. The summed E-state index contributed by atoms with van der Waals surface area (Å²) in [5, 5.41) is -0.328. The van der Waals surface area contributed by atoms with Gasteiger partial charge in [0, 0.05) is 5.33 Å². The van der Waals surface area contributed by atoms with Gasteiger partial charge in [0.1, 0.15) is 0 Å². The first-order valence-electron chi connectivity index (χ1n) is 1.66. The van der Waals surface area contributed by atoms with Gasteiger partial charge in [-0.05, 0) is 0 Å². The molecule has 2 atom stereocenters. The van der Waals surface area contributed by atoms with Gasteiger partial charge in [0.2, 0.25) is 0 Å². The van der Waals surface area contributed by atoms with Crippen LogP contribution in [0.2, 0.25) is 0 Å². The summed E-state index contributed by atoms with van der Waals surface area (Å²) in [6.07, 6.45) is 0. The van der Waals surface area contributed by atoms with Crippen molar-refractivity contribution >= 4 is 47.8 Å². The largest absolute Gasteiger partial charge is 0.234 e. The second-order valence-corrected chi connectivity index (χ2v) is 3.70. The van der Waals surface area contributed by atoms with E-state index in [1.54, 1.807) is 0 Å². The molecule has 0 rings (SSSR count). The third-order valence-corrected chi connectivity index (χ3v) is 4.12. The molecule has 0 amide bonds. The predicted octanol–water partition coefficient (Wildman–Crippen LogP) is 2.84. The second-order valence-electron chi connectivity index (χ2n) is 1.00. The molecule has 0 saturated heterocycles. The Bertz CT molecular complexity index is 47.4. The lowest BCUT2D eigenvalue weighted by Crippen LogP contribution is -2.08. The van der Waals surface area contributed by atoms with Gasteiger partial charge in [-0.1, -0.05) is 47.8 Å². The molecular formula is C3H4Br3F. The number of hydrogen-bond acceptors (Lipinski definition) is 0. The van der Waals surface area contributed by atoms with E-state index >= 15 is 0 Å². The first-order valence-corrected chi connectivity index (χ1v) is 4.62. The summed E-state index contributed by atoms with van der Waals surface area (Å²) in [5.74, 6) is 0. The molecular weight excluding hydrogens is 295 g/mol. The second kappa shape index (κ2) is 4.27. The Hall–Kier alpha value is 1.37. The van der Waals surface area contributed by atoms with E-state index in [0.717, 1.165) is 0 Å². The van der Waals surface area contributed by atoms with E-state index in [1.807, 2.05) is 0 Å². The lowest BCUT2D eigenvalue weighted by molar-refractivity contribution is 0.465. The molecule has 0 saturated carbocycles. The van der Waals surface area contributed by atoms with Crippen molar-refractivity contribution in [2.24, 2.45) is 0 Å². The first kappa shape index (κ1) is 8.37. The lowest BCUT2D eigenvalue weighted by atomic mass is 10.6. The van der Waals surface area contributed by atoms with Crippen LogP contribution in [0.5, 0.6) is 0 Å². The quantitative estimate of drug-likeness (QED) is 0.688. The predicted molar refractivity (Wildman–Crippen MR) is 40.3 cm³/mol. The zero-order chi connectivity index (χ0) is 5.86. The molecule has 0 aliphatic rings. The Morgan fingerprint density at radius 2 is 1.86 bits per heavy atom. The van der Waals surface area contributed by atoms with Crippen molar-refractivity contribution in [1.82, 2.24) is 0 Å². The van der Waals surface area contributed by atoms with Gasteiger partial charge in [-0.3, -0.25) is 0 Å². The maximum absolute atomic E-state index is 11.9. The normalized spacial score (nSPS) is 18.9. The summed E-state index contributed by atoms with van der Waals surface area (Å²) >= 11 is 8.93. The summed E-state index contributed by atoms with van der Waals surface area (Å²) < 4.78 is 11.9. The summed E-state index contributed by atoms with van der Waals surface area (Å²) in [5.41, 5.74) is 0. The van der Waals surface area contributed by atoms with Gasteiger partial charge >= 0.3 is 0 Å². The molecule has 4 heteroatoms. The average molecular weight is 299 g/mol. The summed E-state index contributed by atoms with van der Waals surface area (Å²) in [7, 11) is 0. The van der Waals surface area contributed by atoms with E-state index in [2.05, 4.69) is 47.8 Å². The molecule has 0 aliphatic carbocycles. The third kappa shape index (κ3) is 3.91. The minimum atomic E-state index is -0.952. The van der Waals surface area contributed by atoms with Crippen LogP contribution in [0.1, 0.15) is 0 Å². The molecule has 7 heavy (non-hydrogen) atoms. The van der Waals surface area contributed by atoms with Gasteiger partial charge in [0.05, 0.1) is 4.83 Å². The molecule has 0 heterocycles. The molecule has 0 aromatic rings. The standard InChI is InChI=1S/C3H4Br3F/c4-1-2(5)3(6)7/h2-3H,1H2. The van der Waals surface area contributed by atoms with Crippen molar-refractivity contribution in [2.45, 2.75) is 9.91 Å². The highest BCUT2D eigenvalue weighted by atomic mass is 79.9. The van der Waals surface area contributed by atoms with E-state index in [1.165, 1.54) is 0 Å². The molecule has 0 bridgehead atoms. The van der Waals surface area contributed by atoms with Gasteiger partial charge in [0.25, 0.3) is 0 Å². The Morgan fingerprint density at radius 3 is 1.86 bits per heavy atom. The fourth-order valence-electron chi connectivity index (χ4n) is 0.0673. The zero-order valence-electron chi connectivity index (χ0n) is 3.37. The smallest absolute Gasteiger partial charge is 0.168 e. The maximum atomic E-state index is 11.9. The summed E-state index contributed by atoms with van der Waals surface area (Å²) in [4.78, 5) is -0.118. The van der Waals surface area contributed by atoms with Gasteiger partial charge in [0.15, 0.2) is 5.08 Å².